The van der Waals surface area contributed by atoms with Gasteiger partial charge in [-0.3, -0.25) is 4.79 Å². The minimum Gasteiger partial charge on any atom is -0.495 e. The van der Waals surface area contributed by atoms with Gasteiger partial charge in [-0.2, -0.15) is 0 Å². The van der Waals surface area contributed by atoms with Gasteiger partial charge in [0.2, 0.25) is 5.91 Å². The van der Waals surface area contributed by atoms with Crippen LogP contribution in [0.5, 0.6) is 5.75 Å². The number of anilines is 2. The molecule has 1 aliphatic heterocycles. The van der Waals surface area contributed by atoms with Crippen LogP contribution >= 0.6 is 0 Å². The lowest BCUT2D eigenvalue weighted by Gasteiger charge is -2.28. The Balaban J connectivity index is 1.73. The van der Waals surface area contributed by atoms with Crippen LogP contribution in [0.25, 0.3) is 0 Å². The van der Waals surface area contributed by atoms with Gasteiger partial charge in [-0.1, -0.05) is 5.16 Å². The molecule has 1 aliphatic rings. The number of ether oxygens (including phenoxy) is 1. The molecule has 1 aromatic carbocycles. The first-order chi connectivity index (χ1) is 13.0. The van der Waals surface area contributed by atoms with Crippen molar-refractivity contribution in [2.45, 2.75) is 32.7 Å². The summed E-state index contributed by atoms with van der Waals surface area (Å²) in [4.78, 5) is 28.0. The second-order valence-electron chi connectivity index (χ2n) is 6.60. The molecule has 2 heterocycles. The number of methoxy groups -OCH3 is 1. The summed E-state index contributed by atoms with van der Waals surface area (Å²) in [6.45, 7) is 2.78. The Morgan fingerprint density at radius 1 is 1.37 bits per heavy atom. The number of aryl methyl sites for hydroxylation is 1. The average Bonchev–Trinajstić information content (AvgIpc) is 3.06. The molecule has 0 radical (unpaired) electrons. The zero-order chi connectivity index (χ0) is 19.4. The first-order valence-corrected chi connectivity index (χ1v) is 8.90. The van der Waals surface area contributed by atoms with Crippen molar-refractivity contribution in [3.8, 4) is 5.75 Å². The van der Waals surface area contributed by atoms with Crippen LogP contribution < -0.4 is 15.0 Å². The summed E-state index contributed by atoms with van der Waals surface area (Å²) in [6.07, 6.45) is 2.38. The molecule has 1 fully saturated rings. The van der Waals surface area contributed by atoms with Gasteiger partial charge in [0.1, 0.15) is 17.2 Å². The van der Waals surface area contributed by atoms with E-state index in [1.54, 1.807) is 50.2 Å². The summed E-state index contributed by atoms with van der Waals surface area (Å²) in [7, 11) is 3.25. The van der Waals surface area contributed by atoms with E-state index in [1.165, 1.54) is 4.90 Å². The van der Waals surface area contributed by atoms with Crippen LogP contribution in [-0.4, -0.2) is 42.7 Å². The molecule has 8 heteroatoms. The number of amides is 3. The maximum Gasteiger partial charge on any atom is 0.321 e. The van der Waals surface area contributed by atoms with Crippen molar-refractivity contribution >= 4 is 23.3 Å². The van der Waals surface area contributed by atoms with E-state index in [-0.39, 0.29) is 11.9 Å². The zero-order valence-corrected chi connectivity index (χ0v) is 15.8. The first kappa shape index (κ1) is 18.8. The van der Waals surface area contributed by atoms with Gasteiger partial charge in [0, 0.05) is 31.8 Å². The summed E-state index contributed by atoms with van der Waals surface area (Å²) in [5, 5.41) is 6.74. The number of aromatic nitrogens is 1. The van der Waals surface area contributed by atoms with Crippen LogP contribution in [-0.2, 0) is 11.3 Å². The molecule has 27 heavy (non-hydrogen) atoms. The number of benzene rings is 1. The van der Waals surface area contributed by atoms with Crippen LogP contribution in [0, 0.1) is 6.92 Å². The Labute approximate surface area is 158 Å². The lowest BCUT2D eigenvalue weighted by Crippen LogP contribution is -2.35. The fourth-order valence-electron chi connectivity index (χ4n) is 3.07. The van der Waals surface area contributed by atoms with Crippen molar-refractivity contribution in [2.24, 2.45) is 0 Å². The lowest BCUT2D eigenvalue weighted by atomic mass is 10.1. The molecule has 0 aliphatic carbocycles. The number of rotatable bonds is 5. The van der Waals surface area contributed by atoms with E-state index in [0.717, 1.165) is 12.8 Å². The third-order valence-corrected chi connectivity index (χ3v) is 4.47. The fraction of sp³-hybridized carbons (Fsp3) is 0.421. The normalized spacial score (nSPS) is 14.2. The zero-order valence-electron chi connectivity index (χ0n) is 15.8. The third-order valence-electron chi connectivity index (χ3n) is 4.47. The molecule has 0 bridgehead atoms. The SMILES string of the molecule is COc1ccc(NC(=O)N(C)Cc2cc(C)on2)cc1N1CCCCC1=O. The van der Waals surface area contributed by atoms with Crippen LogP contribution in [0.1, 0.15) is 30.7 Å². The van der Waals surface area contributed by atoms with Gasteiger partial charge in [0.25, 0.3) is 0 Å². The van der Waals surface area contributed by atoms with E-state index < -0.39 is 0 Å². The highest BCUT2D eigenvalue weighted by atomic mass is 16.5. The molecule has 0 unspecified atom stereocenters. The number of piperidine rings is 1. The van der Waals surface area contributed by atoms with Gasteiger partial charge in [-0.25, -0.2) is 4.79 Å². The Morgan fingerprint density at radius 2 is 2.19 bits per heavy atom. The van der Waals surface area contributed by atoms with Gasteiger partial charge < -0.3 is 24.4 Å². The first-order valence-electron chi connectivity index (χ1n) is 8.90. The fourth-order valence-corrected chi connectivity index (χ4v) is 3.07. The molecular weight excluding hydrogens is 348 g/mol. The third kappa shape index (κ3) is 4.39. The Morgan fingerprint density at radius 3 is 2.85 bits per heavy atom. The van der Waals surface area contributed by atoms with Crippen molar-refractivity contribution in [1.82, 2.24) is 10.1 Å². The van der Waals surface area contributed by atoms with Crippen molar-refractivity contribution in [3.05, 3.63) is 35.7 Å². The molecule has 144 valence electrons. The van der Waals surface area contributed by atoms with Gasteiger partial charge in [0.15, 0.2) is 0 Å². The molecule has 1 aromatic heterocycles. The second-order valence-corrected chi connectivity index (χ2v) is 6.60. The van der Waals surface area contributed by atoms with E-state index in [0.29, 0.717) is 48.1 Å². The standard InChI is InChI=1S/C19H24N4O4/c1-13-10-15(21-27-13)12-22(2)19(25)20-14-7-8-17(26-3)16(11-14)23-9-5-4-6-18(23)24/h7-8,10-11H,4-6,9,12H2,1-3H3,(H,20,25). The average molecular weight is 372 g/mol. The van der Waals surface area contributed by atoms with E-state index in [4.69, 9.17) is 9.26 Å². The predicted octanol–water partition coefficient (Wildman–Crippen LogP) is 3.17. The number of urea groups is 1. The van der Waals surface area contributed by atoms with Crippen molar-refractivity contribution < 1.29 is 18.8 Å². The molecule has 3 amide bonds. The number of nitrogens with one attached hydrogen (secondary N) is 1. The van der Waals surface area contributed by atoms with E-state index in [2.05, 4.69) is 10.5 Å². The lowest BCUT2D eigenvalue weighted by molar-refractivity contribution is -0.119. The molecule has 1 saturated heterocycles. The topological polar surface area (TPSA) is 87.9 Å². The highest BCUT2D eigenvalue weighted by Gasteiger charge is 2.23. The Kier molecular flexibility index (Phi) is 5.63. The highest BCUT2D eigenvalue weighted by molar-refractivity contribution is 5.97. The largest absolute Gasteiger partial charge is 0.495 e. The summed E-state index contributed by atoms with van der Waals surface area (Å²) in [6, 6.07) is 6.79. The van der Waals surface area contributed by atoms with E-state index in [9.17, 15) is 9.59 Å². The molecule has 3 rings (SSSR count). The number of hydrogen-bond acceptors (Lipinski definition) is 5. The minimum atomic E-state index is -0.281. The number of carbonyl (C=O) groups excluding carboxylic acids is 2. The van der Waals surface area contributed by atoms with Gasteiger partial charge >= 0.3 is 6.03 Å². The summed E-state index contributed by atoms with van der Waals surface area (Å²) < 4.78 is 10.4. The molecule has 0 atom stereocenters. The number of hydrogen-bond donors (Lipinski definition) is 1. The number of nitrogens with zero attached hydrogens (tertiary/aromatic N) is 3. The van der Waals surface area contributed by atoms with E-state index in [1.807, 2.05) is 0 Å². The minimum absolute atomic E-state index is 0.0709. The van der Waals surface area contributed by atoms with Crippen molar-refractivity contribution in [2.75, 3.05) is 30.9 Å². The van der Waals surface area contributed by atoms with Gasteiger partial charge in [-0.15, -0.1) is 0 Å². The molecule has 1 N–H and O–H groups in total. The summed E-state index contributed by atoms with van der Waals surface area (Å²) in [5.41, 5.74) is 1.95. The molecule has 8 nitrogen and oxygen atoms in total. The van der Waals surface area contributed by atoms with E-state index >= 15 is 0 Å². The van der Waals surface area contributed by atoms with Crippen LogP contribution in [0.15, 0.2) is 28.8 Å². The van der Waals surface area contributed by atoms with Crippen molar-refractivity contribution in [1.29, 1.82) is 0 Å². The summed E-state index contributed by atoms with van der Waals surface area (Å²) in [5.74, 6) is 1.38. The Bertz CT molecular complexity index is 833. The highest BCUT2D eigenvalue weighted by Crippen LogP contribution is 2.33. The monoisotopic (exact) mass is 372 g/mol. The smallest absolute Gasteiger partial charge is 0.321 e. The van der Waals surface area contributed by atoms with Gasteiger partial charge in [0.05, 0.1) is 19.3 Å². The van der Waals surface area contributed by atoms with Crippen molar-refractivity contribution in [3.63, 3.8) is 0 Å². The molecule has 0 saturated carbocycles. The van der Waals surface area contributed by atoms with Crippen LogP contribution in [0.4, 0.5) is 16.2 Å². The van der Waals surface area contributed by atoms with Crippen LogP contribution in [0.3, 0.4) is 0 Å². The molecule has 0 spiro atoms. The Hall–Kier alpha value is -3.03. The second kappa shape index (κ2) is 8.11. The molecule has 2 aromatic rings. The quantitative estimate of drug-likeness (QED) is 0.871. The number of carbonyl (C=O) groups is 2. The summed E-state index contributed by atoms with van der Waals surface area (Å²) >= 11 is 0. The molecular formula is C19H24N4O4. The maximum absolute atomic E-state index is 12.5. The van der Waals surface area contributed by atoms with Gasteiger partial charge in [-0.05, 0) is 38.0 Å². The maximum atomic E-state index is 12.5. The van der Waals surface area contributed by atoms with Crippen LogP contribution in [0.2, 0.25) is 0 Å². The predicted molar refractivity (Wildman–Crippen MR) is 101 cm³/mol.